The van der Waals surface area contributed by atoms with E-state index in [1.54, 1.807) is 48.8 Å². The van der Waals surface area contributed by atoms with E-state index in [1.165, 1.54) is 9.58 Å². The molecule has 2 aromatic carbocycles. The minimum Gasteiger partial charge on any atom is -0.354 e. The van der Waals surface area contributed by atoms with Gasteiger partial charge in [0.05, 0.1) is 5.52 Å². The Bertz CT molecular complexity index is 1290. The molecular weight excluding hydrogens is 464 g/mol. The molecule has 0 bridgehead atoms. The smallest absolute Gasteiger partial charge is 0.249 e. The summed E-state index contributed by atoms with van der Waals surface area (Å²) in [6, 6.07) is 16.9. The van der Waals surface area contributed by atoms with Gasteiger partial charge in [0, 0.05) is 35.2 Å². The molecule has 2 amide bonds. The van der Waals surface area contributed by atoms with Crippen LogP contribution in [0.3, 0.4) is 0 Å². The number of benzene rings is 2. The molecule has 0 radical (unpaired) electrons. The van der Waals surface area contributed by atoms with Gasteiger partial charge in [-0.3, -0.25) is 19.5 Å². The number of nitrogens with zero attached hydrogens (tertiary/aromatic N) is 5. The molecule has 0 fully saturated rings. The van der Waals surface area contributed by atoms with Crippen LogP contribution in [0.15, 0.2) is 73.1 Å². The van der Waals surface area contributed by atoms with Gasteiger partial charge in [-0.05, 0) is 54.8 Å². The normalized spacial score (nSPS) is 12.0. The van der Waals surface area contributed by atoms with Crippen LogP contribution >= 0.6 is 11.6 Å². The fourth-order valence-corrected chi connectivity index (χ4v) is 3.94. The van der Waals surface area contributed by atoms with Crippen molar-refractivity contribution in [2.75, 3.05) is 11.4 Å². The van der Waals surface area contributed by atoms with E-state index in [0.717, 1.165) is 11.9 Å². The maximum absolute atomic E-state index is 13.8. The summed E-state index contributed by atoms with van der Waals surface area (Å²) in [5.74, 6) is -0.178. The summed E-state index contributed by atoms with van der Waals surface area (Å²) in [5, 5.41) is 11.8. The van der Waals surface area contributed by atoms with E-state index in [-0.39, 0.29) is 18.4 Å². The first-order valence-electron chi connectivity index (χ1n) is 11.5. The Hall–Kier alpha value is -3.78. The van der Waals surface area contributed by atoms with Gasteiger partial charge in [0.15, 0.2) is 0 Å². The highest BCUT2D eigenvalue weighted by Gasteiger charge is 2.33. The third-order valence-corrected chi connectivity index (χ3v) is 5.86. The number of aromatic nitrogens is 4. The Morgan fingerprint density at radius 3 is 2.54 bits per heavy atom. The lowest BCUT2D eigenvalue weighted by atomic mass is 10.0. The van der Waals surface area contributed by atoms with Crippen molar-refractivity contribution < 1.29 is 9.59 Å². The van der Waals surface area contributed by atoms with Crippen LogP contribution in [0.4, 0.5) is 5.69 Å². The summed E-state index contributed by atoms with van der Waals surface area (Å²) < 4.78 is 1.54. The molecule has 0 saturated carbocycles. The SMILES string of the molecule is CC(C)CCNC(=O)[C@H](c1cccnc1)N(C(=O)Cn1nnc2ccccc21)c1ccc(Cl)cc1. The zero-order valence-electron chi connectivity index (χ0n) is 19.6. The number of pyridine rings is 1. The van der Waals surface area contributed by atoms with Gasteiger partial charge in [-0.2, -0.15) is 0 Å². The number of hydrogen-bond acceptors (Lipinski definition) is 5. The van der Waals surface area contributed by atoms with Gasteiger partial charge in [-0.15, -0.1) is 5.10 Å². The summed E-state index contributed by atoms with van der Waals surface area (Å²) in [6.45, 7) is 4.59. The van der Waals surface area contributed by atoms with Crippen molar-refractivity contribution in [2.45, 2.75) is 32.9 Å². The average molecular weight is 491 g/mol. The number of amides is 2. The molecular formula is C26H27ClN6O2. The number of rotatable bonds is 9. The molecule has 4 aromatic rings. The lowest BCUT2D eigenvalue weighted by Crippen LogP contribution is -2.45. The third-order valence-electron chi connectivity index (χ3n) is 5.61. The van der Waals surface area contributed by atoms with Gasteiger partial charge in [-0.25, -0.2) is 4.68 Å². The molecule has 180 valence electrons. The minimum absolute atomic E-state index is 0.0980. The lowest BCUT2D eigenvalue weighted by Gasteiger charge is -2.31. The van der Waals surface area contributed by atoms with Crippen molar-refractivity contribution in [2.24, 2.45) is 5.92 Å². The molecule has 0 unspecified atom stereocenters. The van der Waals surface area contributed by atoms with Gasteiger partial charge >= 0.3 is 0 Å². The van der Waals surface area contributed by atoms with Gasteiger partial charge < -0.3 is 5.32 Å². The first kappa shape index (κ1) is 24.3. The van der Waals surface area contributed by atoms with Crippen LogP contribution in [-0.4, -0.2) is 38.3 Å². The Balaban J connectivity index is 1.73. The summed E-state index contributed by atoms with van der Waals surface area (Å²) >= 11 is 6.12. The van der Waals surface area contributed by atoms with Gasteiger partial charge in [0.2, 0.25) is 11.8 Å². The second-order valence-electron chi connectivity index (χ2n) is 8.64. The fraction of sp³-hybridized carbons (Fsp3) is 0.269. The van der Waals surface area contributed by atoms with Gasteiger partial charge in [0.1, 0.15) is 18.1 Å². The van der Waals surface area contributed by atoms with E-state index in [4.69, 9.17) is 11.6 Å². The Labute approximate surface area is 208 Å². The summed E-state index contributed by atoms with van der Waals surface area (Å²) in [7, 11) is 0. The average Bonchev–Trinajstić information content (AvgIpc) is 3.26. The Kier molecular flexibility index (Phi) is 7.72. The lowest BCUT2D eigenvalue weighted by molar-refractivity contribution is -0.127. The molecule has 0 aliphatic heterocycles. The van der Waals surface area contributed by atoms with Gasteiger partial charge in [0.25, 0.3) is 0 Å². The second kappa shape index (κ2) is 11.1. The van der Waals surface area contributed by atoms with Crippen LogP contribution < -0.4 is 10.2 Å². The van der Waals surface area contributed by atoms with E-state index < -0.39 is 6.04 Å². The highest BCUT2D eigenvalue weighted by molar-refractivity contribution is 6.30. The molecule has 0 aliphatic carbocycles. The fourth-order valence-electron chi connectivity index (χ4n) is 3.81. The Morgan fingerprint density at radius 2 is 1.83 bits per heavy atom. The summed E-state index contributed by atoms with van der Waals surface area (Å²) in [6.07, 6.45) is 4.06. The molecule has 0 aliphatic rings. The monoisotopic (exact) mass is 490 g/mol. The van der Waals surface area contributed by atoms with Crippen molar-refractivity contribution in [3.63, 3.8) is 0 Å². The largest absolute Gasteiger partial charge is 0.354 e. The number of hydrogen-bond donors (Lipinski definition) is 1. The van der Waals surface area contributed by atoms with Crippen molar-refractivity contribution in [3.05, 3.63) is 83.6 Å². The Morgan fingerprint density at radius 1 is 1.06 bits per heavy atom. The number of nitrogens with one attached hydrogen (secondary N) is 1. The standard InChI is InChI=1S/C26H27ClN6O2/c1-18(2)13-15-29-26(35)25(19-6-5-14-28-16-19)33(21-11-9-20(27)10-12-21)24(34)17-32-23-8-4-3-7-22(23)30-31-32/h3-12,14,16,18,25H,13,15,17H2,1-2H3,(H,29,35)/t25-/m0/s1. The van der Waals surface area contributed by atoms with Crippen LogP contribution in [-0.2, 0) is 16.1 Å². The molecule has 0 spiro atoms. The number of carbonyl (C=O) groups excluding carboxylic acids is 2. The number of carbonyl (C=O) groups is 2. The van der Waals surface area contributed by atoms with E-state index in [2.05, 4.69) is 34.5 Å². The van der Waals surface area contributed by atoms with Crippen LogP contribution in [0.5, 0.6) is 0 Å². The summed E-state index contributed by atoms with van der Waals surface area (Å²) in [4.78, 5) is 33.1. The summed E-state index contributed by atoms with van der Waals surface area (Å²) in [5.41, 5.74) is 2.56. The van der Waals surface area contributed by atoms with E-state index in [0.29, 0.717) is 34.3 Å². The number of anilines is 1. The first-order chi connectivity index (χ1) is 16.9. The van der Waals surface area contributed by atoms with Crippen LogP contribution in [0.25, 0.3) is 11.0 Å². The van der Waals surface area contributed by atoms with Crippen LogP contribution in [0.1, 0.15) is 31.9 Å². The highest BCUT2D eigenvalue weighted by atomic mass is 35.5. The predicted octanol–water partition coefficient (Wildman–Crippen LogP) is 4.42. The number of para-hydroxylation sites is 1. The molecule has 35 heavy (non-hydrogen) atoms. The molecule has 9 heteroatoms. The number of fused-ring (bicyclic) bond motifs is 1. The predicted molar refractivity (Wildman–Crippen MR) is 136 cm³/mol. The molecule has 1 atom stereocenters. The number of halogens is 1. The zero-order chi connectivity index (χ0) is 24.8. The van der Waals surface area contributed by atoms with E-state index in [9.17, 15) is 9.59 Å². The van der Waals surface area contributed by atoms with Crippen LogP contribution in [0.2, 0.25) is 5.02 Å². The second-order valence-corrected chi connectivity index (χ2v) is 9.07. The minimum atomic E-state index is -0.931. The molecule has 0 saturated heterocycles. The molecule has 2 heterocycles. The molecule has 1 N–H and O–H groups in total. The molecule has 2 aromatic heterocycles. The van der Waals surface area contributed by atoms with Crippen molar-refractivity contribution in [3.8, 4) is 0 Å². The van der Waals surface area contributed by atoms with Crippen molar-refractivity contribution in [1.82, 2.24) is 25.3 Å². The maximum atomic E-state index is 13.8. The quantitative estimate of drug-likeness (QED) is 0.375. The molecule has 8 nitrogen and oxygen atoms in total. The van der Waals surface area contributed by atoms with Crippen LogP contribution in [0, 0.1) is 5.92 Å². The van der Waals surface area contributed by atoms with E-state index >= 15 is 0 Å². The maximum Gasteiger partial charge on any atom is 0.249 e. The topological polar surface area (TPSA) is 93.0 Å². The molecule has 4 rings (SSSR count). The first-order valence-corrected chi connectivity index (χ1v) is 11.9. The van der Waals surface area contributed by atoms with Crippen molar-refractivity contribution in [1.29, 1.82) is 0 Å². The zero-order valence-corrected chi connectivity index (χ0v) is 20.4. The van der Waals surface area contributed by atoms with Crippen molar-refractivity contribution >= 4 is 40.1 Å². The van der Waals surface area contributed by atoms with Gasteiger partial charge in [-0.1, -0.05) is 48.9 Å². The third kappa shape index (κ3) is 5.84. The van der Waals surface area contributed by atoms with E-state index in [1.807, 2.05) is 24.3 Å². The highest BCUT2D eigenvalue weighted by Crippen LogP contribution is 2.29.